The first kappa shape index (κ1) is 12.0. The number of rotatable bonds is 1. The molecule has 1 spiro atoms. The minimum absolute atomic E-state index is 0.0601. The number of nitrogens with zero attached hydrogens (tertiary/aromatic N) is 1. The third kappa shape index (κ3) is 2.13. The summed E-state index contributed by atoms with van der Waals surface area (Å²) >= 11 is 5.92. The van der Waals surface area contributed by atoms with Crippen LogP contribution in [0.1, 0.15) is 29.6 Å². The van der Waals surface area contributed by atoms with Gasteiger partial charge in [-0.1, -0.05) is 17.7 Å². The fourth-order valence-electron chi connectivity index (χ4n) is 2.90. The van der Waals surface area contributed by atoms with E-state index in [-0.39, 0.29) is 11.5 Å². The van der Waals surface area contributed by atoms with E-state index in [0.717, 1.165) is 39.0 Å². The number of hydrogen-bond acceptors (Lipinski definition) is 2. The number of likely N-dealkylation sites (tertiary alicyclic amines) is 1. The lowest BCUT2D eigenvalue weighted by molar-refractivity contribution is 0.0127. The van der Waals surface area contributed by atoms with Crippen molar-refractivity contribution in [2.45, 2.75) is 24.9 Å². The first-order valence-electron chi connectivity index (χ1n) is 6.37. The Balaban J connectivity index is 1.74. The molecule has 1 aromatic rings. The van der Waals surface area contributed by atoms with E-state index in [1.165, 1.54) is 0 Å². The van der Waals surface area contributed by atoms with E-state index in [9.17, 15) is 4.79 Å². The summed E-state index contributed by atoms with van der Waals surface area (Å²) in [4.78, 5) is 14.2. The zero-order chi connectivity index (χ0) is 12.6. The average molecular weight is 266 g/mol. The van der Waals surface area contributed by atoms with Gasteiger partial charge in [0.1, 0.15) is 0 Å². The van der Waals surface area contributed by atoms with Crippen molar-refractivity contribution < 1.29 is 9.53 Å². The van der Waals surface area contributed by atoms with E-state index in [1.807, 2.05) is 17.0 Å². The highest BCUT2D eigenvalue weighted by Crippen LogP contribution is 2.35. The molecule has 2 aliphatic heterocycles. The van der Waals surface area contributed by atoms with Crippen LogP contribution < -0.4 is 0 Å². The van der Waals surface area contributed by atoms with Crippen molar-refractivity contribution in [3.63, 3.8) is 0 Å². The maximum atomic E-state index is 12.4. The molecule has 2 saturated heterocycles. The normalized spacial score (nSPS) is 27.1. The largest absolute Gasteiger partial charge is 0.373 e. The second-order valence-corrected chi connectivity index (χ2v) is 5.56. The lowest BCUT2D eigenvalue weighted by Gasteiger charge is -2.23. The molecule has 1 aromatic carbocycles. The van der Waals surface area contributed by atoms with Crippen LogP contribution in [-0.2, 0) is 4.74 Å². The minimum Gasteiger partial charge on any atom is -0.373 e. The topological polar surface area (TPSA) is 29.5 Å². The van der Waals surface area contributed by atoms with Crippen LogP contribution in [0.4, 0.5) is 0 Å². The summed E-state index contributed by atoms with van der Waals surface area (Å²) in [5, 5.41) is 0.604. The average Bonchev–Trinajstić information content (AvgIpc) is 3.00. The molecule has 2 heterocycles. The Hall–Kier alpha value is -1.06. The van der Waals surface area contributed by atoms with Crippen molar-refractivity contribution in [1.82, 2.24) is 4.90 Å². The van der Waals surface area contributed by atoms with E-state index in [0.29, 0.717) is 10.6 Å². The van der Waals surface area contributed by atoms with Crippen LogP contribution >= 0.6 is 11.6 Å². The molecule has 1 atom stereocenters. The standard InChI is InChI=1S/C14H16ClNO2/c15-12-4-1-3-11(9-12)13(17)16-7-6-14(10-16)5-2-8-18-14/h1,3-4,9H,2,5-8,10H2/t14-/m1/s1. The molecule has 4 heteroatoms. The van der Waals surface area contributed by atoms with Crippen LogP contribution in [0.2, 0.25) is 5.02 Å². The maximum absolute atomic E-state index is 12.4. The molecule has 18 heavy (non-hydrogen) atoms. The van der Waals surface area contributed by atoms with Crippen molar-refractivity contribution in [2.24, 2.45) is 0 Å². The van der Waals surface area contributed by atoms with Crippen LogP contribution in [0.15, 0.2) is 24.3 Å². The number of halogens is 1. The number of carbonyl (C=O) groups excluding carboxylic acids is 1. The Labute approximate surface area is 112 Å². The third-order valence-electron chi connectivity index (χ3n) is 3.86. The van der Waals surface area contributed by atoms with E-state index >= 15 is 0 Å². The highest BCUT2D eigenvalue weighted by atomic mass is 35.5. The Bertz CT molecular complexity index is 469. The summed E-state index contributed by atoms with van der Waals surface area (Å²) in [6, 6.07) is 7.14. The second kappa shape index (κ2) is 4.56. The molecule has 1 amide bonds. The van der Waals surface area contributed by atoms with Gasteiger partial charge in [0.15, 0.2) is 0 Å². The molecule has 2 fully saturated rings. The molecule has 0 aliphatic carbocycles. The van der Waals surface area contributed by atoms with E-state index in [4.69, 9.17) is 16.3 Å². The van der Waals surface area contributed by atoms with Gasteiger partial charge in [0.25, 0.3) is 5.91 Å². The van der Waals surface area contributed by atoms with Crippen molar-refractivity contribution in [3.8, 4) is 0 Å². The summed E-state index contributed by atoms with van der Waals surface area (Å²) in [7, 11) is 0. The van der Waals surface area contributed by atoms with Crippen LogP contribution in [0.25, 0.3) is 0 Å². The molecular formula is C14H16ClNO2. The van der Waals surface area contributed by atoms with Crippen molar-refractivity contribution in [3.05, 3.63) is 34.9 Å². The number of benzene rings is 1. The summed E-state index contributed by atoms with van der Waals surface area (Å²) in [6.07, 6.45) is 3.14. The Morgan fingerprint density at radius 1 is 1.39 bits per heavy atom. The molecular weight excluding hydrogens is 250 g/mol. The lowest BCUT2D eigenvalue weighted by Crippen LogP contribution is -2.35. The molecule has 2 aliphatic rings. The quantitative estimate of drug-likeness (QED) is 0.781. The molecule has 0 saturated carbocycles. The van der Waals surface area contributed by atoms with Crippen molar-refractivity contribution in [1.29, 1.82) is 0 Å². The molecule has 0 unspecified atom stereocenters. The SMILES string of the molecule is O=C(c1cccc(Cl)c1)N1CC[C@]2(CCCO2)C1. The highest BCUT2D eigenvalue weighted by Gasteiger charge is 2.43. The van der Waals surface area contributed by atoms with Gasteiger partial charge in [-0.3, -0.25) is 4.79 Å². The van der Waals surface area contributed by atoms with Gasteiger partial charge in [0.2, 0.25) is 0 Å². The Morgan fingerprint density at radius 2 is 2.28 bits per heavy atom. The van der Waals surface area contributed by atoms with Gasteiger partial charge in [-0.05, 0) is 37.5 Å². The van der Waals surface area contributed by atoms with Crippen molar-refractivity contribution in [2.75, 3.05) is 19.7 Å². The zero-order valence-corrected chi connectivity index (χ0v) is 10.9. The number of ether oxygens (including phenoxy) is 1. The van der Waals surface area contributed by atoms with Gasteiger partial charge in [-0.2, -0.15) is 0 Å². The fraction of sp³-hybridized carbons (Fsp3) is 0.500. The van der Waals surface area contributed by atoms with E-state index in [1.54, 1.807) is 12.1 Å². The molecule has 0 aromatic heterocycles. The van der Waals surface area contributed by atoms with Gasteiger partial charge in [0, 0.05) is 23.7 Å². The summed E-state index contributed by atoms with van der Waals surface area (Å²) in [6.45, 7) is 2.34. The van der Waals surface area contributed by atoms with E-state index < -0.39 is 0 Å². The van der Waals surface area contributed by atoms with Crippen molar-refractivity contribution >= 4 is 17.5 Å². The number of amides is 1. The van der Waals surface area contributed by atoms with E-state index in [2.05, 4.69) is 0 Å². The molecule has 3 rings (SSSR count). The fourth-order valence-corrected chi connectivity index (χ4v) is 3.09. The third-order valence-corrected chi connectivity index (χ3v) is 4.10. The predicted octanol–water partition coefficient (Wildman–Crippen LogP) is 2.74. The first-order chi connectivity index (χ1) is 8.69. The lowest BCUT2D eigenvalue weighted by atomic mass is 10.00. The molecule has 0 N–H and O–H groups in total. The van der Waals surface area contributed by atoms with Gasteiger partial charge in [0.05, 0.1) is 12.1 Å². The maximum Gasteiger partial charge on any atom is 0.254 e. The smallest absolute Gasteiger partial charge is 0.254 e. The van der Waals surface area contributed by atoms with Crippen LogP contribution in [0, 0.1) is 0 Å². The summed E-state index contributed by atoms with van der Waals surface area (Å²) < 4.78 is 5.82. The van der Waals surface area contributed by atoms with Gasteiger partial charge in [-0.25, -0.2) is 0 Å². The van der Waals surface area contributed by atoms with Crippen LogP contribution in [0.5, 0.6) is 0 Å². The minimum atomic E-state index is -0.0613. The highest BCUT2D eigenvalue weighted by molar-refractivity contribution is 6.30. The molecule has 96 valence electrons. The number of hydrogen-bond donors (Lipinski definition) is 0. The van der Waals surface area contributed by atoms with Gasteiger partial charge < -0.3 is 9.64 Å². The second-order valence-electron chi connectivity index (χ2n) is 5.12. The number of carbonyl (C=O) groups is 1. The molecule has 0 bridgehead atoms. The Morgan fingerprint density at radius 3 is 3.00 bits per heavy atom. The molecule has 0 radical (unpaired) electrons. The van der Waals surface area contributed by atoms with Crippen LogP contribution in [-0.4, -0.2) is 36.1 Å². The summed E-state index contributed by atoms with van der Waals surface area (Å²) in [5.41, 5.74) is 0.603. The molecule has 3 nitrogen and oxygen atoms in total. The Kier molecular flexibility index (Phi) is 3.04. The van der Waals surface area contributed by atoms with Gasteiger partial charge >= 0.3 is 0 Å². The first-order valence-corrected chi connectivity index (χ1v) is 6.75. The van der Waals surface area contributed by atoms with Gasteiger partial charge in [-0.15, -0.1) is 0 Å². The summed E-state index contributed by atoms with van der Waals surface area (Å²) in [5.74, 6) is 0.0601. The predicted molar refractivity (Wildman–Crippen MR) is 69.9 cm³/mol. The monoisotopic (exact) mass is 265 g/mol. The van der Waals surface area contributed by atoms with Crippen LogP contribution in [0.3, 0.4) is 0 Å². The zero-order valence-electron chi connectivity index (χ0n) is 10.2.